The summed E-state index contributed by atoms with van der Waals surface area (Å²) in [6.45, 7) is 7.98. The molecular formula is C12H21N3. The van der Waals surface area contributed by atoms with E-state index in [2.05, 4.69) is 36.3 Å². The van der Waals surface area contributed by atoms with Crippen molar-refractivity contribution in [3.05, 3.63) is 18.0 Å². The molecule has 1 aliphatic carbocycles. The molecule has 0 bridgehead atoms. The molecule has 1 heterocycles. The minimum absolute atomic E-state index is 0.505. The molecule has 0 saturated heterocycles. The predicted molar refractivity (Wildman–Crippen MR) is 61.4 cm³/mol. The number of hydrogen-bond donors (Lipinski definition) is 2. The molecule has 15 heavy (non-hydrogen) atoms. The van der Waals surface area contributed by atoms with Gasteiger partial charge in [0.05, 0.1) is 0 Å². The summed E-state index contributed by atoms with van der Waals surface area (Å²) in [5.74, 6) is 0.780. The summed E-state index contributed by atoms with van der Waals surface area (Å²) in [7, 11) is 0. The van der Waals surface area contributed by atoms with E-state index in [9.17, 15) is 0 Å². The Morgan fingerprint density at radius 2 is 2.33 bits per heavy atom. The van der Waals surface area contributed by atoms with Crippen LogP contribution in [0.4, 0.5) is 0 Å². The van der Waals surface area contributed by atoms with Gasteiger partial charge >= 0.3 is 0 Å². The SMILES string of the molecule is C[C@H]1CC(C)(C)C[C@@H]1NCc1ccn[nH]1. The molecule has 1 aromatic rings. The normalized spacial score (nSPS) is 29.5. The van der Waals surface area contributed by atoms with E-state index in [1.807, 2.05) is 6.07 Å². The molecule has 2 N–H and O–H groups in total. The maximum absolute atomic E-state index is 3.95. The highest BCUT2D eigenvalue weighted by Crippen LogP contribution is 2.40. The first kappa shape index (κ1) is 10.7. The molecule has 0 spiro atoms. The molecule has 1 fully saturated rings. The van der Waals surface area contributed by atoms with E-state index >= 15 is 0 Å². The number of hydrogen-bond acceptors (Lipinski definition) is 2. The van der Waals surface area contributed by atoms with Crippen molar-refractivity contribution in [3.8, 4) is 0 Å². The fraction of sp³-hybridized carbons (Fsp3) is 0.750. The van der Waals surface area contributed by atoms with Crippen molar-refractivity contribution in [2.45, 2.75) is 46.2 Å². The zero-order valence-corrected chi connectivity index (χ0v) is 9.88. The molecule has 0 amide bonds. The van der Waals surface area contributed by atoms with Gasteiger partial charge < -0.3 is 5.32 Å². The number of aromatic amines is 1. The fourth-order valence-electron chi connectivity index (χ4n) is 2.79. The predicted octanol–water partition coefficient (Wildman–Crippen LogP) is 2.32. The minimum Gasteiger partial charge on any atom is -0.308 e. The van der Waals surface area contributed by atoms with Crippen LogP contribution in [-0.2, 0) is 6.54 Å². The Kier molecular flexibility index (Phi) is 2.83. The standard InChI is InChI=1S/C12H21N3/c1-9-6-12(2,3)7-11(9)13-8-10-4-5-14-15-10/h4-5,9,11,13H,6-8H2,1-3H3,(H,14,15)/t9-,11-/m0/s1. The molecule has 2 rings (SSSR count). The molecule has 0 aliphatic heterocycles. The van der Waals surface area contributed by atoms with E-state index in [1.54, 1.807) is 6.20 Å². The highest BCUT2D eigenvalue weighted by atomic mass is 15.1. The summed E-state index contributed by atoms with van der Waals surface area (Å²) < 4.78 is 0. The van der Waals surface area contributed by atoms with Gasteiger partial charge in [0, 0.05) is 24.5 Å². The summed E-state index contributed by atoms with van der Waals surface area (Å²) in [5.41, 5.74) is 1.68. The molecule has 2 atom stereocenters. The number of aromatic nitrogens is 2. The summed E-state index contributed by atoms with van der Waals surface area (Å²) in [6, 6.07) is 2.68. The first-order chi connectivity index (χ1) is 7.07. The number of H-pyrrole nitrogens is 1. The van der Waals surface area contributed by atoms with Crippen molar-refractivity contribution in [1.82, 2.24) is 15.5 Å². The Hall–Kier alpha value is -0.830. The van der Waals surface area contributed by atoms with Crippen molar-refractivity contribution in [2.75, 3.05) is 0 Å². The van der Waals surface area contributed by atoms with Crippen LogP contribution in [0.2, 0.25) is 0 Å². The van der Waals surface area contributed by atoms with Crippen LogP contribution in [0.1, 0.15) is 39.3 Å². The maximum Gasteiger partial charge on any atom is 0.0490 e. The lowest BCUT2D eigenvalue weighted by atomic mass is 9.91. The molecule has 84 valence electrons. The number of nitrogens with zero attached hydrogens (tertiary/aromatic N) is 1. The zero-order valence-electron chi connectivity index (χ0n) is 9.88. The zero-order chi connectivity index (χ0) is 10.9. The summed E-state index contributed by atoms with van der Waals surface area (Å²) >= 11 is 0. The van der Waals surface area contributed by atoms with Crippen LogP contribution in [0.5, 0.6) is 0 Å². The molecule has 3 heteroatoms. The topological polar surface area (TPSA) is 40.7 Å². The van der Waals surface area contributed by atoms with Crippen LogP contribution in [0.3, 0.4) is 0 Å². The highest BCUT2D eigenvalue weighted by molar-refractivity contribution is 4.99. The van der Waals surface area contributed by atoms with Gasteiger partial charge in [-0.2, -0.15) is 5.10 Å². The first-order valence-electron chi connectivity index (χ1n) is 5.78. The van der Waals surface area contributed by atoms with Gasteiger partial charge in [0.25, 0.3) is 0 Å². The van der Waals surface area contributed by atoms with Crippen molar-refractivity contribution in [1.29, 1.82) is 0 Å². The lowest BCUT2D eigenvalue weighted by Gasteiger charge is -2.18. The van der Waals surface area contributed by atoms with Gasteiger partial charge in [-0.05, 0) is 30.2 Å². The smallest absolute Gasteiger partial charge is 0.0490 e. The van der Waals surface area contributed by atoms with Crippen LogP contribution < -0.4 is 5.32 Å². The van der Waals surface area contributed by atoms with Gasteiger partial charge in [0.1, 0.15) is 0 Å². The lowest BCUT2D eigenvalue weighted by molar-refractivity contribution is 0.362. The third kappa shape index (κ3) is 2.59. The van der Waals surface area contributed by atoms with Gasteiger partial charge in [0.15, 0.2) is 0 Å². The van der Waals surface area contributed by atoms with Gasteiger partial charge in [-0.25, -0.2) is 0 Å². The van der Waals surface area contributed by atoms with E-state index in [-0.39, 0.29) is 0 Å². The Balaban J connectivity index is 1.85. The Morgan fingerprint density at radius 1 is 1.53 bits per heavy atom. The molecule has 0 aromatic carbocycles. The van der Waals surface area contributed by atoms with Crippen LogP contribution in [0.25, 0.3) is 0 Å². The number of rotatable bonds is 3. The Labute approximate surface area is 91.7 Å². The quantitative estimate of drug-likeness (QED) is 0.798. The molecule has 1 saturated carbocycles. The molecule has 1 aliphatic rings. The van der Waals surface area contributed by atoms with E-state index in [4.69, 9.17) is 0 Å². The minimum atomic E-state index is 0.505. The summed E-state index contributed by atoms with van der Waals surface area (Å²) in [6.07, 6.45) is 4.41. The van der Waals surface area contributed by atoms with Crippen LogP contribution >= 0.6 is 0 Å². The van der Waals surface area contributed by atoms with E-state index in [1.165, 1.54) is 18.5 Å². The maximum atomic E-state index is 3.95. The van der Waals surface area contributed by atoms with E-state index in [0.717, 1.165) is 12.5 Å². The molecule has 0 radical (unpaired) electrons. The van der Waals surface area contributed by atoms with E-state index < -0.39 is 0 Å². The molecule has 0 unspecified atom stereocenters. The average molecular weight is 207 g/mol. The van der Waals surface area contributed by atoms with Gasteiger partial charge in [0.2, 0.25) is 0 Å². The molecular weight excluding hydrogens is 186 g/mol. The Bertz CT molecular complexity index is 303. The van der Waals surface area contributed by atoms with Crippen LogP contribution in [0.15, 0.2) is 12.3 Å². The second-order valence-corrected chi connectivity index (χ2v) is 5.62. The average Bonchev–Trinajstić information content (AvgIpc) is 2.70. The first-order valence-corrected chi connectivity index (χ1v) is 5.78. The molecule has 1 aromatic heterocycles. The van der Waals surface area contributed by atoms with Crippen molar-refractivity contribution in [2.24, 2.45) is 11.3 Å². The summed E-state index contributed by atoms with van der Waals surface area (Å²) in [4.78, 5) is 0. The van der Waals surface area contributed by atoms with Crippen LogP contribution in [-0.4, -0.2) is 16.2 Å². The van der Waals surface area contributed by atoms with E-state index in [0.29, 0.717) is 11.5 Å². The largest absolute Gasteiger partial charge is 0.308 e. The third-order valence-electron chi connectivity index (χ3n) is 3.45. The number of nitrogens with one attached hydrogen (secondary N) is 2. The fourth-order valence-corrected chi connectivity index (χ4v) is 2.79. The Morgan fingerprint density at radius 3 is 2.87 bits per heavy atom. The van der Waals surface area contributed by atoms with Crippen molar-refractivity contribution in [3.63, 3.8) is 0 Å². The lowest BCUT2D eigenvalue weighted by Crippen LogP contribution is -2.31. The van der Waals surface area contributed by atoms with Crippen LogP contribution in [0, 0.1) is 11.3 Å². The van der Waals surface area contributed by atoms with Crippen molar-refractivity contribution >= 4 is 0 Å². The van der Waals surface area contributed by atoms with Gasteiger partial charge in [-0.3, -0.25) is 5.10 Å². The third-order valence-corrected chi connectivity index (χ3v) is 3.45. The molecule has 3 nitrogen and oxygen atoms in total. The summed E-state index contributed by atoms with van der Waals surface area (Å²) in [5, 5.41) is 10.6. The van der Waals surface area contributed by atoms with Gasteiger partial charge in [-0.15, -0.1) is 0 Å². The second-order valence-electron chi connectivity index (χ2n) is 5.62. The second kappa shape index (κ2) is 3.97. The van der Waals surface area contributed by atoms with Gasteiger partial charge in [-0.1, -0.05) is 20.8 Å². The monoisotopic (exact) mass is 207 g/mol. The van der Waals surface area contributed by atoms with Crippen molar-refractivity contribution < 1.29 is 0 Å². The highest BCUT2D eigenvalue weighted by Gasteiger charge is 2.36.